The van der Waals surface area contributed by atoms with Crippen LogP contribution in [0.25, 0.3) is 5.70 Å². The molecule has 0 saturated carbocycles. The zero-order chi connectivity index (χ0) is 15.4. The number of aryl methyl sites for hydroxylation is 1. The molecule has 2 nitrogen and oxygen atoms in total. The molecule has 1 aliphatic heterocycles. The highest BCUT2D eigenvalue weighted by atomic mass is 16.5. The Labute approximate surface area is 132 Å². The fourth-order valence-electron chi connectivity index (χ4n) is 2.71. The van der Waals surface area contributed by atoms with Crippen LogP contribution in [0, 0.1) is 6.92 Å². The molecule has 0 fully saturated rings. The van der Waals surface area contributed by atoms with Crippen molar-refractivity contribution in [3.8, 4) is 0 Å². The lowest BCUT2D eigenvalue weighted by atomic mass is 10.1. The highest BCUT2D eigenvalue weighted by Gasteiger charge is 2.26. The number of ether oxygens (including phenoxy) is 1. The van der Waals surface area contributed by atoms with E-state index in [1.54, 1.807) is 0 Å². The minimum atomic E-state index is -0.0793. The van der Waals surface area contributed by atoms with E-state index >= 15 is 0 Å². The number of hydrogen-bond acceptors (Lipinski definition) is 2. The fraction of sp³-hybridized carbons (Fsp3) is 0.300. The summed E-state index contributed by atoms with van der Waals surface area (Å²) < 4.78 is 6.22. The maximum atomic E-state index is 6.22. The van der Waals surface area contributed by atoms with Crippen LogP contribution in [0.5, 0.6) is 0 Å². The molecule has 0 spiro atoms. The van der Waals surface area contributed by atoms with Gasteiger partial charge in [-0.1, -0.05) is 73.5 Å². The molecule has 1 unspecified atom stereocenters. The third kappa shape index (κ3) is 3.16. The van der Waals surface area contributed by atoms with Gasteiger partial charge >= 0.3 is 0 Å². The summed E-state index contributed by atoms with van der Waals surface area (Å²) in [5, 5.41) is 3.56. The molecular formula is C20H23NO. The van der Waals surface area contributed by atoms with E-state index in [9.17, 15) is 0 Å². The predicted molar refractivity (Wildman–Crippen MR) is 91.0 cm³/mol. The molecular weight excluding hydrogens is 270 g/mol. The summed E-state index contributed by atoms with van der Waals surface area (Å²) >= 11 is 0. The molecule has 1 atom stereocenters. The summed E-state index contributed by atoms with van der Waals surface area (Å²) in [5.74, 6) is 1.08. The summed E-state index contributed by atoms with van der Waals surface area (Å²) in [4.78, 5) is 0. The van der Waals surface area contributed by atoms with Gasteiger partial charge in [0.05, 0.1) is 5.70 Å². The molecule has 0 saturated heterocycles. The van der Waals surface area contributed by atoms with Gasteiger partial charge in [-0.3, -0.25) is 0 Å². The molecule has 1 N–H and O–H groups in total. The minimum Gasteiger partial charge on any atom is -0.469 e. The van der Waals surface area contributed by atoms with Crippen molar-refractivity contribution in [2.75, 3.05) is 0 Å². The highest BCUT2D eigenvalue weighted by molar-refractivity contribution is 5.68. The number of hydrogen-bond donors (Lipinski definition) is 1. The standard InChI is InChI=1S/C20H23NO/c1-3-4-10-18-19(16-13-11-15(2)12-14-16)21-20(22-18)17-8-6-5-7-9-17/h5-9,11-14,20-21H,3-4,10H2,1-2H3. The van der Waals surface area contributed by atoms with Crippen LogP contribution >= 0.6 is 0 Å². The first-order chi connectivity index (χ1) is 10.8. The van der Waals surface area contributed by atoms with E-state index in [2.05, 4.69) is 67.7 Å². The van der Waals surface area contributed by atoms with Crippen LogP contribution in [0.15, 0.2) is 60.4 Å². The molecule has 2 aromatic rings. The number of allylic oxidation sites excluding steroid dienone is 1. The van der Waals surface area contributed by atoms with Crippen molar-refractivity contribution < 1.29 is 4.74 Å². The van der Waals surface area contributed by atoms with Gasteiger partial charge < -0.3 is 10.1 Å². The highest BCUT2D eigenvalue weighted by Crippen LogP contribution is 2.34. The van der Waals surface area contributed by atoms with Gasteiger partial charge in [0.15, 0.2) is 6.23 Å². The van der Waals surface area contributed by atoms with Crippen LogP contribution < -0.4 is 5.32 Å². The molecule has 114 valence electrons. The van der Waals surface area contributed by atoms with Crippen molar-refractivity contribution in [3.05, 3.63) is 77.0 Å². The zero-order valence-electron chi connectivity index (χ0n) is 13.3. The van der Waals surface area contributed by atoms with Gasteiger partial charge in [-0.25, -0.2) is 0 Å². The third-order valence-corrected chi connectivity index (χ3v) is 4.01. The van der Waals surface area contributed by atoms with Crippen molar-refractivity contribution in [3.63, 3.8) is 0 Å². The second-order valence-electron chi connectivity index (χ2n) is 5.82. The molecule has 1 heterocycles. The van der Waals surface area contributed by atoms with Crippen molar-refractivity contribution in [2.24, 2.45) is 0 Å². The molecule has 0 bridgehead atoms. The maximum Gasteiger partial charge on any atom is 0.196 e. The van der Waals surface area contributed by atoms with Crippen LogP contribution in [-0.2, 0) is 4.74 Å². The first kappa shape index (κ1) is 14.7. The molecule has 3 rings (SSSR count). The second-order valence-corrected chi connectivity index (χ2v) is 5.82. The monoisotopic (exact) mass is 293 g/mol. The van der Waals surface area contributed by atoms with Gasteiger partial charge in [-0.05, 0) is 13.3 Å². The van der Waals surface area contributed by atoms with Gasteiger partial charge in [0, 0.05) is 17.5 Å². The first-order valence-electron chi connectivity index (χ1n) is 8.06. The molecule has 0 aliphatic carbocycles. The molecule has 1 aliphatic rings. The van der Waals surface area contributed by atoms with Crippen LogP contribution in [0.1, 0.15) is 49.1 Å². The van der Waals surface area contributed by atoms with Gasteiger partial charge in [-0.15, -0.1) is 0 Å². The summed E-state index contributed by atoms with van der Waals surface area (Å²) in [5.41, 5.74) is 4.79. The summed E-state index contributed by atoms with van der Waals surface area (Å²) in [7, 11) is 0. The summed E-state index contributed by atoms with van der Waals surface area (Å²) in [6, 6.07) is 19.0. The van der Waals surface area contributed by atoms with Crippen LogP contribution in [0.3, 0.4) is 0 Å². The van der Waals surface area contributed by atoms with Gasteiger partial charge in [0.1, 0.15) is 5.76 Å². The van der Waals surface area contributed by atoms with Gasteiger partial charge in [-0.2, -0.15) is 0 Å². The Hall–Kier alpha value is -2.22. The van der Waals surface area contributed by atoms with E-state index in [0.29, 0.717) is 0 Å². The Bertz CT molecular complexity index is 643. The van der Waals surface area contributed by atoms with E-state index in [1.807, 2.05) is 6.07 Å². The number of unbranched alkanes of at least 4 members (excludes halogenated alkanes) is 1. The van der Waals surface area contributed by atoms with E-state index < -0.39 is 0 Å². The Balaban J connectivity index is 1.87. The average Bonchev–Trinajstić information content (AvgIpc) is 2.98. The lowest BCUT2D eigenvalue weighted by Gasteiger charge is -2.13. The first-order valence-corrected chi connectivity index (χ1v) is 8.06. The third-order valence-electron chi connectivity index (χ3n) is 4.01. The van der Waals surface area contributed by atoms with Crippen molar-refractivity contribution in [1.82, 2.24) is 5.32 Å². The fourth-order valence-corrected chi connectivity index (χ4v) is 2.71. The van der Waals surface area contributed by atoms with Crippen molar-refractivity contribution in [1.29, 1.82) is 0 Å². The predicted octanol–water partition coefficient (Wildman–Crippen LogP) is 5.17. The Morgan fingerprint density at radius 3 is 2.41 bits per heavy atom. The number of benzene rings is 2. The average molecular weight is 293 g/mol. The quantitative estimate of drug-likeness (QED) is 0.821. The van der Waals surface area contributed by atoms with E-state index in [0.717, 1.165) is 24.3 Å². The Kier molecular flexibility index (Phi) is 4.47. The second kappa shape index (κ2) is 6.69. The van der Waals surface area contributed by atoms with Gasteiger partial charge in [0.25, 0.3) is 0 Å². The number of rotatable bonds is 5. The summed E-state index contributed by atoms with van der Waals surface area (Å²) in [6.45, 7) is 4.32. The lowest BCUT2D eigenvalue weighted by Crippen LogP contribution is -2.14. The normalized spacial score (nSPS) is 17.3. The minimum absolute atomic E-state index is 0.0793. The van der Waals surface area contributed by atoms with E-state index in [4.69, 9.17) is 4.74 Å². The summed E-state index contributed by atoms with van der Waals surface area (Å²) in [6.07, 6.45) is 3.22. The van der Waals surface area contributed by atoms with E-state index in [-0.39, 0.29) is 6.23 Å². The molecule has 0 amide bonds. The topological polar surface area (TPSA) is 21.3 Å². The SMILES string of the molecule is CCCCC1=C(c2ccc(C)cc2)NC(c2ccccc2)O1. The molecule has 2 heteroatoms. The smallest absolute Gasteiger partial charge is 0.196 e. The van der Waals surface area contributed by atoms with Gasteiger partial charge in [0.2, 0.25) is 0 Å². The van der Waals surface area contributed by atoms with Crippen LogP contribution in [0.2, 0.25) is 0 Å². The Morgan fingerprint density at radius 2 is 1.73 bits per heavy atom. The molecule has 22 heavy (non-hydrogen) atoms. The number of nitrogens with one attached hydrogen (secondary N) is 1. The maximum absolute atomic E-state index is 6.22. The molecule has 2 aromatic carbocycles. The van der Waals surface area contributed by atoms with Crippen molar-refractivity contribution in [2.45, 2.75) is 39.3 Å². The largest absolute Gasteiger partial charge is 0.469 e. The molecule has 0 aromatic heterocycles. The van der Waals surface area contributed by atoms with Crippen LogP contribution in [-0.4, -0.2) is 0 Å². The van der Waals surface area contributed by atoms with E-state index in [1.165, 1.54) is 23.1 Å². The zero-order valence-corrected chi connectivity index (χ0v) is 13.3. The Morgan fingerprint density at radius 1 is 1.00 bits per heavy atom. The lowest BCUT2D eigenvalue weighted by molar-refractivity contribution is 0.122. The van der Waals surface area contributed by atoms with Crippen molar-refractivity contribution >= 4 is 5.70 Å². The molecule has 0 radical (unpaired) electrons. The van der Waals surface area contributed by atoms with Crippen LogP contribution in [0.4, 0.5) is 0 Å².